The molecule has 0 spiro atoms. The smallest absolute Gasteiger partial charge is 0.0720 e. The number of hydrogen-bond donors (Lipinski definition) is 4. The molecule has 0 aliphatic carbocycles. The van der Waals surface area contributed by atoms with Crippen molar-refractivity contribution in [3.63, 3.8) is 0 Å². The van der Waals surface area contributed by atoms with Gasteiger partial charge in [-0.1, -0.05) is 0 Å². The maximum atomic E-state index is 9.56. The van der Waals surface area contributed by atoms with Gasteiger partial charge in [-0.15, -0.1) is 0 Å². The quantitative estimate of drug-likeness (QED) is 0.375. The fourth-order valence-electron chi connectivity index (χ4n) is 1.00. The van der Waals surface area contributed by atoms with Crippen LogP contribution in [0.2, 0.25) is 0 Å². The van der Waals surface area contributed by atoms with Gasteiger partial charge < -0.3 is 20.4 Å². The highest BCUT2D eigenvalue weighted by Crippen LogP contribution is 2.12. The largest absolute Gasteiger partial charge is 0.396 e. The van der Waals surface area contributed by atoms with Crippen molar-refractivity contribution in [1.82, 2.24) is 0 Å². The van der Waals surface area contributed by atoms with Crippen LogP contribution in [0.5, 0.6) is 0 Å². The third-order valence-corrected chi connectivity index (χ3v) is 5.14. The molecule has 0 bridgehead atoms. The van der Waals surface area contributed by atoms with Crippen molar-refractivity contribution >= 4 is 35.3 Å². The minimum absolute atomic E-state index is 0.144. The van der Waals surface area contributed by atoms with Crippen molar-refractivity contribution in [2.45, 2.75) is 12.2 Å². The van der Waals surface area contributed by atoms with Crippen molar-refractivity contribution in [3.8, 4) is 0 Å². The molecule has 17 heavy (non-hydrogen) atoms. The van der Waals surface area contributed by atoms with Gasteiger partial charge in [-0.25, -0.2) is 0 Å². The summed E-state index contributed by atoms with van der Waals surface area (Å²) in [6, 6.07) is 0. The molecule has 0 aliphatic rings. The molecule has 0 aromatic rings. The summed E-state index contributed by atoms with van der Waals surface area (Å²) in [5.41, 5.74) is 0. The van der Waals surface area contributed by atoms with Crippen molar-refractivity contribution in [1.29, 1.82) is 0 Å². The van der Waals surface area contributed by atoms with E-state index in [-0.39, 0.29) is 25.4 Å². The van der Waals surface area contributed by atoms with Gasteiger partial charge in [0.15, 0.2) is 0 Å². The van der Waals surface area contributed by atoms with Crippen LogP contribution in [0, 0.1) is 0 Å². The molecule has 0 rings (SSSR count). The molecule has 0 fully saturated rings. The molecule has 0 saturated heterocycles. The van der Waals surface area contributed by atoms with E-state index in [9.17, 15) is 10.2 Å². The number of hydrogen-bond acceptors (Lipinski definition) is 7. The third kappa shape index (κ3) is 13.1. The highest BCUT2D eigenvalue weighted by atomic mass is 32.2. The Bertz CT molecular complexity index is 146. The second-order valence-corrected chi connectivity index (χ2v) is 6.82. The van der Waals surface area contributed by atoms with Crippen LogP contribution in [0.25, 0.3) is 0 Å². The Kier molecular flexibility index (Phi) is 14.0. The van der Waals surface area contributed by atoms with E-state index in [0.717, 1.165) is 0 Å². The number of rotatable bonds is 12. The summed E-state index contributed by atoms with van der Waals surface area (Å²) < 4.78 is 0. The number of aliphatic hydroxyl groups is 4. The molecule has 7 heteroatoms. The lowest BCUT2D eigenvalue weighted by molar-refractivity contribution is 0.220. The van der Waals surface area contributed by atoms with Crippen LogP contribution in [0.1, 0.15) is 0 Å². The van der Waals surface area contributed by atoms with Gasteiger partial charge in [0.25, 0.3) is 0 Å². The predicted octanol–water partition coefficient (Wildman–Crippen LogP) is -0.108. The highest BCUT2D eigenvalue weighted by Gasteiger charge is 2.08. The molecule has 0 amide bonds. The van der Waals surface area contributed by atoms with E-state index in [1.807, 2.05) is 0 Å². The molecule has 2 atom stereocenters. The minimum atomic E-state index is -0.381. The first kappa shape index (κ1) is 17.9. The Morgan fingerprint density at radius 2 is 1.00 bits per heavy atom. The normalized spacial score (nSPS) is 14.8. The van der Waals surface area contributed by atoms with Crippen LogP contribution >= 0.6 is 35.3 Å². The zero-order chi connectivity index (χ0) is 12.9. The Morgan fingerprint density at radius 3 is 1.35 bits per heavy atom. The lowest BCUT2D eigenvalue weighted by Gasteiger charge is -2.12. The molecule has 0 aliphatic heterocycles. The van der Waals surface area contributed by atoms with Crippen molar-refractivity contribution in [2.24, 2.45) is 0 Å². The van der Waals surface area contributed by atoms with E-state index < -0.39 is 0 Å². The maximum absolute atomic E-state index is 9.56. The van der Waals surface area contributed by atoms with Crippen LogP contribution < -0.4 is 0 Å². The summed E-state index contributed by atoms with van der Waals surface area (Å²) in [4.78, 5) is 0. The Hall–Kier alpha value is 0.890. The average molecular weight is 302 g/mol. The minimum Gasteiger partial charge on any atom is -0.396 e. The number of thioether (sulfide) groups is 3. The summed E-state index contributed by atoms with van der Waals surface area (Å²) >= 11 is 4.59. The SMILES string of the molecule is OCCSCC(O)CSCC(O)CSCCO. The highest BCUT2D eigenvalue weighted by molar-refractivity contribution is 8.00. The molecule has 0 radical (unpaired) electrons. The molecule has 4 nitrogen and oxygen atoms in total. The second kappa shape index (κ2) is 13.3. The molecule has 0 heterocycles. The van der Waals surface area contributed by atoms with Gasteiger partial charge in [0.05, 0.1) is 25.4 Å². The molecule has 0 aromatic carbocycles. The van der Waals surface area contributed by atoms with Gasteiger partial charge in [-0.05, 0) is 0 Å². The molecular formula is C10H22O4S3. The summed E-state index contributed by atoms with van der Waals surface area (Å²) in [6.45, 7) is 0.288. The van der Waals surface area contributed by atoms with Crippen molar-refractivity contribution < 1.29 is 20.4 Å². The van der Waals surface area contributed by atoms with Gasteiger partial charge >= 0.3 is 0 Å². The zero-order valence-corrected chi connectivity index (χ0v) is 12.3. The summed E-state index contributed by atoms with van der Waals surface area (Å²) in [5.74, 6) is 3.79. The monoisotopic (exact) mass is 302 g/mol. The van der Waals surface area contributed by atoms with Gasteiger partial charge in [0.1, 0.15) is 0 Å². The van der Waals surface area contributed by atoms with E-state index in [4.69, 9.17) is 10.2 Å². The van der Waals surface area contributed by atoms with E-state index in [0.29, 0.717) is 34.5 Å². The molecule has 0 aromatic heterocycles. The lowest BCUT2D eigenvalue weighted by Crippen LogP contribution is -2.18. The van der Waals surface area contributed by atoms with E-state index in [2.05, 4.69) is 0 Å². The molecule has 2 unspecified atom stereocenters. The van der Waals surface area contributed by atoms with E-state index in [1.54, 1.807) is 0 Å². The molecule has 0 saturated carbocycles. The Labute approximate surface area is 116 Å². The van der Waals surface area contributed by atoms with Crippen LogP contribution in [0.15, 0.2) is 0 Å². The lowest BCUT2D eigenvalue weighted by atomic mass is 10.5. The molecule has 4 N–H and O–H groups in total. The van der Waals surface area contributed by atoms with Gasteiger partial charge in [0.2, 0.25) is 0 Å². The van der Waals surface area contributed by atoms with Crippen molar-refractivity contribution in [2.75, 3.05) is 47.7 Å². The van der Waals surface area contributed by atoms with Gasteiger partial charge in [-0.3, -0.25) is 0 Å². The zero-order valence-electron chi connectivity index (χ0n) is 9.83. The van der Waals surface area contributed by atoms with Gasteiger partial charge in [0, 0.05) is 34.5 Å². The van der Waals surface area contributed by atoms with Crippen molar-refractivity contribution in [3.05, 3.63) is 0 Å². The summed E-state index contributed by atoms with van der Waals surface area (Å²) in [7, 11) is 0. The Balaban J connectivity index is 3.29. The summed E-state index contributed by atoms with van der Waals surface area (Å²) in [5, 5.41) is 36.3. The average Bonchev–Trinajstić information content (AvgIpc) is 2.30. The van der Waals surface area contributed by atoms with E-state index in [1.165, 1.54) is 35.3 Å². The second-order valence-electron chi connectivity index (χ2n) is 3.44. The predicted molar refractivity (Wildman–Crippen MR) is 78.2 cm³/mol. The van der Waals surface area contributed by atoms with Gasteiger partial charge in [-0.2, -0.15) is 35.3 Å². The first-order valence-electron chi connectivity index (χ1n) is 5.51. The Morgan fingerprint density at radius 1 is 0.647 bits per heavy atom. The first-order chi connectivity index (χ1) is 8.20. The fraction of sp³-hybridized carbons (Fsp3) is 1.00. The van der Waals surface area contributed by atoms with E-state index >= 15 is 0 Å². The first-order valence-corrected chi connectivity index (χ1v) is 8.98. The summed E-state index contributed by atoms with van der Waals surface area (Å²) in [6.07, 6.45) is -0.761. The molecular weight excluding hydrogens is 280 g/mol. The van der Waals surface area contributed by atoms with Crippen LogP contribution in [-0.2, 0) is 0 Å². The van der Waals surface area contributed by atoms with Crippen LogP contribution in [0.4, 0.5) is 0 Å². The fourth-order valence-corrected chi connectivity index (χ4v) is 3.59. The maximum Gasteiger partial charge on any atom is 0.0720 e. The number of aliphatic hydroxyl groups excluding tert-OH is 4. The molecule has 104 valence electrons. The topological polar surface area (TPSA) is 80.9 Å². The standard InChI is InChI=1S/C10H22O4S3/c11-1-3-15-5-9(13)7-17-8-10(14)6-16-4-2-12/h9-14H,1-8H2. The van der Waals surface area contributed by atoms with Crippen LogP contribution in [-0.4, -0.2) is 80.4 Å². The third-order valence-electron chi connectivity index (χ3n) is 1.71. The van der Waals surface area contributed by atoms with Crippen LogP contribution in [0.3, 0.4) is 0 Å².